The highest BCUT2D eigenvalue weighted by Gasteiger charge is 2.38. The fraction of sp³-hybridized carbons (Fsp3) is 0.141. The molecule has 18 aromatic carbocycles. The Bertz CT molecular complexity index is 7800. The van der Waals surface area contributed by atoms with Gasteiger partial charge in [0.05, 0.1) is 4.92 Å². The monoisotopic (exact) mass is 1870 g/mol. The van der Waals surface area contributed by atoms with E-state index in [9.17, 15) is 43.3 Å². The van der Waals surface area contributed by atoms with Crippen LogP contribution in [-0.4, -0.2) is 39.6 Å². The van der Waals surface area contributed by atoms with Crippen LogP contribution in [0.4, 0.5) is 10.1 Å². The van der Waals surface area contributed by atoms with Crippen LogP contribution in [0.25, 0.3) is 111 Å². The number of fused-ring (bicyclic) bond motifs is 8. The van der Waals surface area contributed by atoms with Crippen molar-refractivity contribution >= 4 is 97.4 Å². The van der Waals surface area contributed by atoms with Gasteiger partial charge < -0.3 is 0 Å². The average Bonchev–Trinajstić information content (AvgIpc) is 1.55. The van der Waals surface area contributed by atoms with Gasteiger partial charge in [-0.25, -0.2) is 4.39 Å². The Labute approximate surface area is 822 Å². The van der Waals surface area contributed by atoms with Gasteiger partial charge >= 0.3 is 0 Å². The van der Waals surface area contributed by atoms with Gasteiger partial charge in [0.15, 0.2) is 34.7 Å². The molecule has 0 saturated carbocycles. The zero-order valence-electron chi connectivity index (χ0n) is 78.8. The average molecular weight is 1870 g/mol. The van der Waals surface area contributed by atoms with E-state index in [1.807, 2.05) is 163 Å². The topological polar surface area (TPSA) is 146 Å². The Hall–Kier alpha value is -15.5. The second-order valence-electron chi connectivity index (χ2n) is 37.2. The van der Waals surface area contributed by atoms with Crippen molar-refractivity contribution in [3.05, 3.63) is 488 Å². The first-order valence-electron chi connectivity index (χ1n) is 48.0. The first-order chi connectivity index (χ1) is 68.1. The fourth-order valence-electron chi connectivity index (χ4n) is 21.2. The fourth-order valence-corrected chi connectivity index (χ4v) is 24.0. The minimum atomic E-state index is -0.891. The molecule has 0 amide bonds. The van der Waals surface area contributed by atoms with Crippen LogP contribution in [0.5, 0.6) is 0 Å². The Morgan fingerprint density at radius 2 is 0.614 bits per heavy atom. The lowest BCUT2D eigenvalue weighted by Crippen LogP contribution is -2.23. The molecule has 0 bridgehead atoms. The van der Waals surface area contributed by atoms with Gasteiger partial charge in [-0.1, -0.05) is 392 Å². The molecular weight excluding hydrogens is 1760 g/mol. The molecule has 24 rings (SSSR count). The number of aryl methyl sites for hydroxylation is 1. The molecule has 686 valence electrons. The number of non-ortho nitro benzene ring substituents is 1. The van der Waals surface area contributed by atoms with Gasteiger partial charge in [-0.05, 0) is 250 Å². The predicted molar refractivity (Wildman–Crippen MR) is 571 cm³/mol. The number of nitrogens with zero attached hydrogens (tertiary/aromatic N) is 1. The quantitative estimate of drug-likeness (QED) is 0.0668. The van der Waals surface area contributed by atoms with Crippen LogP contribution in [0.2, 0.25) is 5.02 Å². The van der Waals surface area contributed by atoms with Gasteiger partial charge in [0, 0.05) is 92.1 Å². The van der Waals surface area contributed by atoms with Gasteiger partial charge in [-0.3, -0.25) is 38.9 Å². The molecule has 12 heteroatoms. The Morgan fingerprint density at radius 1 is 0.279 bits per heavy atom. The maximum absolute atomic E-state index is 12.9. The van der Waals surface area contributed by atoms with Gasteiger partial charge in [0.25, 0.3) is 5.69 Å². The highest BCUT2D eigenvalue weighted by atomic mass is 35.5. The standard InChI is InChI=1S/C28H22NO3P.C26H20O.C22H18O.C20H16O.C16H13ClO.C16H13FO/c1-19-18-25-24(28(19)30)16-17-26(27(25)20-12-14-21(15-13-20)29(31)32)33(22-8-4-2-5-9-22)23-10-6-3-7-11-23;1-17-16-24-23(26(17)27)15-14-21(19-8-3-2-4-9-19)25(24)22-13-7-11-18-10-5-6-12-20(18)22;1-15-14-20-19(22(15)23)13-12-18(16-8-4-2-5-9-16)21(20)17-10-6-3-7-11-17;1-13-9-10-17(18-11-12-19(21)20(13)18)16-8-4-6-14-5-2-3-7-15(14)16;1-10-9-13-12(16(10)18)7-8-14(17)15(13)11-5-3-2-4-6-11;1-10-9-15-13(3-2-4-14(15)16(10)18)11-5-7-12(17)8-6-11/h2-17,19H,18H2,1H3;2-15,17H,16H2,1H3;2-13,15H,14H2,1H3;2-10H,11-12H2,1H3;2*2-8,10H,9H2,1H3. The lowest BCUT2D eigenvalue weighted by molar-refractivity contribution is -0.384. The van der Waals surface area contributed by atoms with Crippen LogP contribution < -0.4 is 15.9 Å². The molecule has 0 aliphatic heterocycles. The Morgan fingerprint density at radius 3 is 1.11 bits per heavy atom. The molecule has 0 saturated heterocycles. The van der Waals surface area contributed by atoms with E-state index in [2.05, 4.69) is 237 Å². The third kappa shape index (κ3) is 18.8. The minimum absolute atomic E-state index is 0.0553. The van der Waals surface area contributed by atoms with Crippen LogP contribution in [0, 0.1) is 52.4 Å². The zero-order valence-corrected chi connectivity index (χ0v) is 80.4. The van der Waals surface area contributed by atoms with Crippen molar-refractivity contribution in [1.29, 1.82) is 0 Å². The molecule has 0 spiro atoms. The Balaban J connectivity index is 0.000000108. The van der Waals surface area contributed by atoms with Crippen LogP contribution >= 0.6 is 19.5 Å². The SMILES string of the molecule is CC1Cc2c(ccc(-c3ccccc3)c2-c2cccc3ccccc23)C1=O.CC1Cc2c(ccc(-c3ccccc3)c2-c2ccccc2)C1=O.CC1Cc2c(ccc(Cl)c2-c2ccccc2)C1=O.CC1Cc2c(ccc(P(c3ccccc3)c3ccccc3)c2-c2ccc([N+](=O)[O-])cc2)C1=O.CC1Cc2c(cccc2-c2ccc(F)cc2)C1=O.Cc1ccc(-c2cccc3ccccc23)c2c1C(=O)CC2. The van der Waals surface area contributed by atoms with Crippen molar-refractivity contribution in [2.24, 2.45) is 29.6 Å². The van der Waals surface area contributed by atoms with Crippen LogP contribution in [0.3, 0.4) is 0 Å². The first-order valence-corrected chi connectivity index (χ1v) is 49.7. The predicted octanol–water partition coefficient (Wildman–Crippen LogP) is 30.5. The summed E-state index contributed by atoms with van der Waals surface area (Å²) in [6.07, 6.45) is 5.42. The summed E-state index contributed by atoms with van der Waals surface area (Å²) in [6.45, 7) is 12.0. The second-order valence-corrected chi connectivity index (χ2v) is 39.8. The summed E-state index contributed by atoms with van der Waals surface area (Å²) >= 11 is 6.33. The summed E-state index contributed by atoms with van der Waals surface area (Å²) in [6, 6.07) is 131. The molecule has 5 unspecified atom stereocenters. The number of hydrogen-bond donors (Lipinski definition) is 0. The second kappa shape index (κ2) is 41.1. The van der Waals surface area contributed by atoms with Gasteiger partial charge in [-0.2, -0.15) is 0 Å². The number of ketones is 6. The molecule has 140 heavy (non-hydrogen) atoms. The van der Waals surface area contributed by atoms with Crippen molar-refractivity contribution < 1.29 is 38.1 Å². The summed E-state index contributed by atoms with van der Waals surface area (Å²) < 4.78 is 12.9. The van der Waals surface area contributed by atoms with Crippen molar-refractivity contribution in [3.8, 4) is 89.0 Å². The van der Waals surface area contributed by atoms with E-state index < -0.39 is 7.92 Å². The lowest BCUT2D eigenvalue weighted by Gasteiger charge is -2.24. The molecule has 18 aromatic rings. The largest absolute Gasteiger partial charge is 0.294 e. The van der Waals surface area contributed by atoms with E-state index in [0.717, 1.165) is 131 Å². The number of benzene rings is 18. The third-order valence-electron chi connectivity index (χ3n) is 28.1. The number of Topliss-reactive ketones (excluding diaryl/α,β-unsaturated/α-hetero) is 6. The molecule has 0 fully saturated rings. The van der Waals surface area contributed by atoms with Crippen molar-refractivity contribution in [1.82, 2.24) is 0 Å². The van der Waals surface area contributed by atoms with Gasteiger partial charge in [0.2, 0.25) is 0 Å². The number of halogens is 2. The van der Waals surface area contributed by atoms with E-state index >= 15 is 0 Å². The van der Waals surface area contributed by atoms with Crippen molar-refractivity contribution in [2.45, 2.75) is 86.5 Å². The number of rotatable bonds is 12. The maximum Gasteiger partial charge on any atom is 0.269 e. The maximum atomic E-state index is 12.9. The summed E-state index contributed by atoms with van der Waals surface area (Å²) in [7, 11) is -0.891. The zero-order chi connectivity index (χ0) is 96.9. The van der Waals surface area contributed by atoms with E-state index in [1.54, 1.807) is 24.3 Å². The number of hydrogen-bond acceptors (Lipinski definition) is 8. The van der Waals surface area contributed by atoms with Gasteiger partial charge in [0.1, 0.15) is 5.82 Å². The van der Waals surface area contributed by atoms with E-state index in [-0.39, 0.29) is 74.9 Å². The number of nitro groups is 1. The van der Waals surface area contributed by atoms with E-state index in [0.29, 0.717) is 18.6 Å². The van der Waals surface area contributed by atoms with Crippen LogP contribution in [0.1, 0.15) is 142 Å². The lowest BCUT2D eigenvalue weighted by atomic mass is 9.86. The first kappa shape index (κ1) is 93.6. The van der Waals surface area contributed by atoms with Crippen LogP contribution in [0.15, 0.2) is 394 Å². The normalized spacial score (nSPS) is 15.9. The summed E-state index contributed by atoms with van der Waals surface area (Å²) in [4.78, 5) is 85.0. The number of carbonyl (C=O) groups is 6. The molecule has 9 nitrogen and oxygen atoms in total. The highest BCUT2D eigenvalue weighted by molar-refractivity contribution is 7.80. The summed E-state index contributed by atoms with van der Waals surface area (Å²) in [5.74, 6) is 1.42. The summed E-state index contributed by atoms with van der Waals surface area (Å²) in [5, 5.41) is 20.5. The Kier molecular flexibility index (Phi) is 27.4. The number of nitro benzene ring substituents is 1. The van der Waals surface area contributed by atoms with E-state index in [4.69, 9.17) is 11.6 Å². The van der Waals surface area contributed by atoms with Crippen LogP contribution in [-0.2, 0) is 38.5 Å². The third-order valence-corrected chi connectivity index (χ3v) is 30.9. The molecule has 6 aliphatic carbocycles. The highest BCUT2D eigenvalue weighted by Crippen LogP contribution is 2.49. The number of carbonyl (C=O) groups excluding carboxylic acids is 6. The molecule has 0 N–H and O–H groups in total. The minimum Gasteiger partial charge on any atom is -0.294 e. The van der Waals surface area contributed by atoms with Crippen molar-refractivity contribution in [2.75, 3.05) is 0 Å². The molecule has 0 heterocycles. The van der Waals surface area contributed by atoms with E-state index in [1.165, 1.54) is 117 Å². The summed E-state index contributed by atoms with van der Waals surface area (Å²) in [5.41, 5.74) is 31.4. The molecule has 6 aliphatic rings. The molecular formula is C128H102ClFNO8P. The van der Waals surface area contributed by atoms with Gasteiger partial charge in [-0.15, -0.1) is 0 Å². The molecule has 0 aromatic heterocycles. The smallest absolute Gasteiger partial charge is 0.269 e. The van der Waals surface area contributed by atoms with Crippen molar-refractivity contribution in [3.63, 3.8) is 0 Å². The molecule has 5 atom stereocenters. The molecule has 0 radical (unpaired) electrons.